The minimum absolute atomic E-state index is 0.125. The lowest BCUT2D eigenvalue weighted by Gasteiger charge is -2.09. The molecule has 4 rings (SSSR count). The molecule has 0 bridgehead atoms. The third-order valence-corrected chi connectivity index (χ3v) is 4.54. The normalized spacial score (nSPS) is 10.9. The monoisotopic (exact) mass is 406 g/mol. The summed E-state index contributed by atoms with van der Waals surface area (Å²) in [4.78, 5) is 20.7. The van der Waals surface area contributed by atoms with Gasteiger partial charge in [0.2, 0.25) is 5.82 Å². The Morgan fingerprint density at radius 2 is 1.80 bits per heavy atom. The van der Waals surface area contributed by atoms with E-state index in [0.717, 1.165) is 12.1 Å². The van der Waals surface area contributed by atoms with E-state index in [4.69, 9.17) is 9.26 Å². The molecule has 0 saturated heterocycles. The lowest BCUT2D eigenvalue weighted by Crippen LogP contribution is -2.11. The van der Waals surface area contributed by atoms with Gasteiger partial charge in [-0.05, 0) is 55.3 Å². The smallest absolute Gasteiger partial charge is 0.376 e. The number of anilines is 2. The van der Waals surface area contributed by atoms with Crippen LogP contribution in [0.2, 0.25) is 0 Å². The molecule has 0 spiro atoms. The third kappa shape index (κ3) is 3.84. The number of aromatic nitrogens is 3. The predicted octanol–water partition coefficient (Wildman–Crippen LogP) is 4.91. The van der Waals surface area contributed by atoms with Crippen LogP contribution in [0, 0.1) is 5.82 Å². The van der Waals surface area contributed by atoms with E-state index in [-0.39, 0.29) is 24.0 Å². The molecule has 8 heteroatoms. The number of benzene rings is 2. The number of rotatable bonds is 6. The first-order valence-electron chi connectivity index (χ1n) is 9.55. The van der Waals surface area contributed by atoms with Crippen LogP contribution in [0.4, 0.5) is 15.9 Å². The topological polar surface area (TPSA) is 90.1 Å². The predicted molar refractivity (Wildman–Crippen MR) is 110 cm³/mol. The Labute approximate surface area is 171 Å². The molecular weight excluding hydrogens is 387 g/mol. The van der Waals surface area contributed by atoms with E-state index in [1.54, 1.807) is 19.1 Å². The van der Waals surface area contributed by atoms with Gasteiger partial charge in [-0.3, -0.25) is 0 Å². The summed E-state index contributed by atoms with van der Waals surface area (Å²) in [5.74, 6) is -0.822. The van der Waals surface area contributed by atoms with Gasteiger partial charge in [0.05, 0.1) is 6.61 Å². The highest BCUT2D eigenvalue weighted by Crippen LogP contribution is 2.33. The number of carbonyl (C=O) groups is 1. The second kappa shape index (κ2) is 8.28. The average molecular weight is 406 g/mol. The van der Waals surface area contributed by atoms with Crippen LogP contribution in [-0.4, -0.2) is 27.7 Å². The van der Waals surface area contributed by atoms with E-state index in [1.165, 1.54) is 17.7 Å². The number of nitrogens with one attached hydrogen (secondary N) is 1. The summed E-state index contributed by atoms with van der Waals surface area (Å²) in [5.41, 5.74) is 3.16. The van der Waals surface area contributed by atoms with Gasteiger partial charge < -0.3 is 14.6 Å². The highest BCUT2D eigenvalue weighted by atomic mass is 19.1. The molecule has 0 fully saturated rings. The third-order valence-electron chi connectivity index (χ3n) is 4.54. The van der Waals surface area contributed by atoms with Crippen molar-refractivity contribution in [2.75, 3.05) is 11.9 Å². The van der Waals surface area contributed by atoms with Gasteiger partial charge in [-0.15, -0.1) is 0 Å². The van der Waals surface area contributed by atoms with E-state index < -0.39 is 5.97 Å². The number of aryl methyl sites for hydroxylation is 1. The van der Waals surface area contributed by atoms with Crippen molar-refractivity contribution in [3.63, 3.8) is 0 Å². The van der Waals surface area contributed by atoms with Crippen LogP contribution in [0.5, 0.6) is 0 Å². The van der Waals surface area contributed by atoms with Gasteiger partial charge in [-0.25, -0.2) is 14.2 Å². The Bertz CT molecular complexity index is 1190. The van der Waals surface area contributed by atoms with Crippen LogP contribution >= 0.6 is 0 Å². The van der Waals surface area contributed by atoms with E-state index in [2.05, 4.69) is 27.4 Å². The molecular formula is C22H19FN4O3. The highest BCUT2D eigenvalue weighted by molar-refractivity contribution is 6.00. The minimum Gasteiger partial charge on any atom is -0.460 e. The maximum Gasteiger partial charge on any atom is 0.376 e. The first-order chi connectivity index (χ1) is 14.6. The maximum absolute atomic E-state index is 13.4. The fraction of sp³-hybridized carbons (Fsp3) is 0.182. The van der Waals surface area contributed by atoms with Crippen molar-refractivity contribution in [2.24, 2.45) is 0 Å². The number of carbonyl (C=O) groups excluding carboxylic acids is 1. The second-order valence-electron chi connectivity index (χ2n) is 6.51. The molecule has 0 unspecified atom stereocenters. The van der Waals surface area contributed by atoms with Crippen molar-refractivity contribution < 1.29 is 18.4 Å². The molecule has 0 radical (unpaired) electrons. The first-order valence-corrected chi connectivity index (χ1v) is 9.55. The van der Waals surface area contributed by atoms with Crippen LogP contribution in [0.15, 0.2) is 53.1 Å². The zero-order valence-electron chi connectivity index (χ0n) is 16.5. The van der Waals surface area contributed by atoms with Gasteiger partial charge in [0, 0.05) is 11.3 Å². The molecule has 2 heterocycles. The Morgan fingerprint density at radius 1 is 1.07 bits per heavy atom. The Morgan fingerprint density at radius 3 is 2.47 bits per heavy atom. The van der Waals surface area contributed by atoms with Crippen LogP contribution in [-0.2, 0) is 11.2 Å². The zero-order chi connectivity index (χ0) is 21.1. The van der Waals surface area contributed by atoms with Gasteiger partial charge in [0.25, 0.3) is 5.71 Å². The molecule has 0 amide bonds. The summed E-state index contributed by atoms with van der Waals surface area (Å²) < 4.78 is 23.7. The summed E-state index contributed by atoms with van der Waals surface area (Å²) in [6.45, 7) is 3.97. The lowest BCUT2D eigenvalue weighted by atomic mass is 10.1. The van der Waals surface area contributed by atoms with Crippen LogP contribution < -0.4 is 5.32 Å². The molecule has 1 N–H and O–H groups in total. The van der Waals surface area contributed by atoms with Crippen LogP contribution in [0.3, 0.4) is 0 Å². The van der Waals surface area contributed by atoms with Gasteiger partial charge >= 0.3 is 5.97 Å². The molecule has 0 aliphatic rings. The second-order valence-corrected chi connectivity index (χ2v) is 6.51. The van der Waals surface area contributed by atoms with Gasteiger partial charge in [0.15, 0.2) is 0 Å². The molecule has 2 aromatic carbocycles. The molecule has 2 aromatic heterocycles. The van der Waals surface area contributed by atoms with Crippen molar-refractivity contribution in [2.45, 2.75) is 20.3 Å². The fourth-order valence-electron chi connectivity index (χ4n) is 3.00. The summed E-state index contributed by atoms with van der Waals surface area (Å²) in [6.07, 6.45) is 0.922. The summed E-state index contributed by atoms with van der Waals surface area (Å²) >= 11 is 0. The number of ether oxygens (including phenoxy) is 1. The number of fused-ring (bicyclic) bond motifs is 1. The van der Waals surface area contributed by atoms with Crippen molar-refractivity contribution in [1.82, 2.24) is 15.1 Å². The largest absolute Gasteiger partial charge is 0.460 e. The minimum atomic E-state index is -0.663. The molecule has 4 aromatic rings. The lowest BCUT2D eigenvalue weighted by molar-refractivity contribution is 0.0512. The zero-order valence-corrected chi connectivity index (χ0v) is 16.5. The number of esters is 1. The Balaban J connectivity index is 1.85. The van der Waals surface area contributed by atoms with Gasteiger partial charge in [-0.1, -0.05) is 24.2 Å². The Hall–Kier alpha value is -3.81. The molecule has 0 atom stereocenters. The molecule has 0 aliphatic heterocycles. The number of hydrogen-bond acceptors (Lipinski definition) is 7. The SMILES string of the molecule is CCOC(=O)c1nc(Nc2ccc(CC)cc2)c2c(-c3ccc(F)cc3)noc2n1. The maximum atomic E-state index is 13.4. The standard InChI is InChI=1S/C22H19FN4O3/c1-3-13-5-11-16(12-6-13)24-19-17-18(14-7-9-15(23)10-8-14)27-30-21(17)26-20(25-19)22(28)29-4-2/h5-12H,3-4H2,1-2H3,(H,24,25,26). The number of halogens is 1. The Kier molecular flexibility index (Phi) is 5.38. The van der Waals surface area contributed by atoms with Gasteiger partial charge in [-0.2, -0.15) is 4.98 Å². The number of nitrogens with zero attached hydrogens (tertiary/aromatic N) is 3. The van der Waals surface area contributed by atoms with E-state index in [9.17, 15) is 9.18 Å². The molecule has 30 heavy (non-hydrogen) atoms. The molecule has 7 nitrogen and oxygen atoms in total. The fourth-order valence-corrected chi connectivity index (χ4v) is 3.00. The molecule has 152 valence electrons. The molecule has 0 saturated carbocycles. The van der Waals surface area contributed by atoms with E-state index >= 15 is 0 Å². The van der Waals surface area contributed by atoms with Crippen molar-refractivity contribution >= 4 is 28.6 Å². The summed E-state index contributed by atoms with van der Waals surface area (Å²) in [5, 5.41) is 7.77. The van der Waals surface area contributed by atoms with Crippen molar-refractivity contribution in [1.29, 1.82) is 0 Å². The highest BCUT2D eigenvalue weighted by Gasteiger charge is 2.22. The summed E-state index contributed by atoms with van der Waals surface area (Å²) in [6, 6.07) is 13.7. The average Bonchev–Trinajstić information content (AvgIpc) is 3.19. The van der Waals surface area contributed by atoms with E-state index in [1.807, 2.05) is 24.3 Å². The van der Waals surface area contributed by atoms with Crippen LogP contribution in [0.1, 0.15) is 30.0 Å². The van der Waals surface area contributed by atoms with Gasteiger partial charge in [0.1, 0.15) is 22.7 Å². The number of hydrogen-bond donors (Lipinski definition) is 1. The quantitative estimate of drug-likeness (QED) is 0.455. The summed E-state index contributed by atoms with van der Waals surface area (Å²) in [7, 11) is 0. The first kappa shape index (κ1) is 19.5. The molecule has 0 aliphatic carbocycles. The van der Waals surface area contributed by atoms with Crippen molar-refractivity contribution in [3.8, 4) is 11.3 Å². The van der Waals surface area contributed by atoms with Crippen LogP contribution in [0.25, 0.3) is 22.4 Å². The van der Waals surface area contributed by atoms with E-state index in [0.29, 0.717) is 22.5 Å². The van der Waals surface area contributed by atoms with Crippen molar-refractivity contribution in [3.05, 3.63) is 65.7 Å².